The SMILES string of the molecule is CC1(C)c2ccccc2-c2c(-c3cc(-c4ccc(-c5ccc(-c6cccc7c6C(C)(C)c6c-7ccc7ccccc67)cc5)c5ccccc45)nc(-c4ccccc4)n3)cccc21. The lowest BCUT2D eigenvalue weighted by atomic mass is 9.77. The highest BCUT2D eigenvalue weighted by Gasteiger charge is 2.39. The minimum absolute atomic E-state index is 0.108. The van der Waals surface area contributed by atoms with E-state index in [1.807, 2.05) is 6.07 Å². The Hall–Kier alpha value is -7.42. The molecule has 0 saturated heterocycles. The third-order valence-corrected chi connectivity index (χ3v) is 13.9. The van der Waals surface area contributed by atoms with Crippen molar-refractivity contribution in [2.45, 2.75) is 38.5 Å². The molecule has 2 heteroatoms. The largest absolute Gasteiger partial charge is 0.228 e. The van der Waals surface area contributed by atoms with Crippen LogP contribution in [0.1, 0.15) is 49.9 Å². The smallest absolute Gasteiger partial charge is 0.160 e. The Morgan fingerprint density at radius 3 is 1.65 bits per heavy atom. The summed E-state index contributed by atoms with van der Waals surface area (Å²) in [7, 11) is 0. The highest BCUT2D eigenvalue weighted by Crippen LogP contribution is 2.55. The monoisotopic (exact) mass is 792 g/mol. The van der Waals surface area contributed by atoms with Crippen LogP contribution in [0.3, 0.4) is 0 Å². The van der Waals surface area contributed by atoms with E-state index in [9.17, 15) is 0 Å². The summed E-state index contributed by atoms with van der Waals surface area (Å²) < 4.78 is 0. The van der Waals surface area contributed by atoms with Gasteiger partial charge in [0.2, 0.25) is 0 Å². The van der Waals surface area contributed by atoms with Gasteiger partial charge in [-0.15, -0.1) is 0 Å². The zero-order valence-electron chi connectivity index (χ0n) is 35.4. The van der Waals surface area contributed by atoms with Gasteiger partial charge in [0.05, 0.1) is 11.4 Å². The van der Waals surface area contributed by atoms with Gasteiger partial charge in [-0.3, -0.25) is 0 Å². The van der Waals surface area contributed by atoms with E-state index in [-0.39, 0.29) is 10.8 Å². The standard InChI is InChI=1S/C60H44N2/c1-59(2)51-26-13-12-22-49(51)55-50(25-15-27-52(55)59)54-36-53(61-58(62-54)40-17-6-5-7-18-40)46-35-34-41(44-20-10-11-21-45(44)46)38-28-30-39(31-29-38)43-23-14-24-47-48-33-32-37-16-8-9-19-42(37)57(48)60(3,4)56(43)47/h5-36H,1-4H3. The molecule has 0 unspecified atom stereocenters. The third kappa shape index (κ3) is 5.36. The molecule has 0 radical (unpaired) electrons. The summed E-state index contributed by atoms with van der Waals surface area (Å²) in [6, 6.07) is 70.9. The molecule has 0 fully saturated rings. The molecule has 1 aromatic heterocycles. The maximum absolute atomic E-state index is 5.32. The number of nitrogens with zero attached hydrogens (tertiary/aromatic N) is 2. The lowest BCUT2D eigenvalue weighted by Crippen LogP contribution is -2.16. The second-order valence-electron chi connectivity index (χ2n) is 18.1. The van der Waals surface area contributed by atoms with E-state index in [1.54, 1.807) is 0 Å². The van der Waals surface area contributed by atoms with E-state index in [0.29, 0.717) is 0 Å². The van der Waals surface area contributed by atoms with Crippen LogP contribution in [0.25, 0.3) is 100.0 Å². The summed E-state index contributed by atoms with van der Waals surface area (Å²) in [5.74, 6) is 0.719. The number of hydrogen-bond donors (Lipinski definition) is 0. The molecule has 294 valence electrons. The average molecular weight is 793 g/mol. The van der Waals surface area contributed by atoms with Crippen molar-refractivity contribution in [3.05, 3.63) is 216 Å². The van der Waals surface area contributed by atoms with Crippen LogP contribution in [0.15, 0.2) is 194 Å². The predicted molar refractivity (Wildman–Crippen MR) is 259 cm³/mol. The number of aromatic nitrogens is 2. The maximum atomic E-state index is 5.32. The Morgan fingerprint density at radius 2 is 0.855 bits per heavy atom. The molecule has 0 aliphatic heterocycles. The van der Waals surface area contributed by atoms with Gasteiger partial charge < -0.3 is 0 Å². The van der Waals surface area contributed by atoms with Gasteiger partial charge in [-0.05, 0) is 94.4 Å². The molecule has 2 aliphatic rings. The van der Waals surface area contributed by atoms with Gasteiger partial charge in [0.15, 0.2) is 5.82 Å². The fourth-order valence-electron chi connectivity index (χ4n) is 11.0. The number of rotatable bonds is 5. The first-order valence-electron chi connectivity index (χ1n) is 21.7. The molecular weight excluding hydrogens is 749 g/mol. The summed E-state index contributed by atoms with van der Waals surface area (Å²) >= 11 is 0. The Kier molecular flexibility index (Phi) is 7.96. The third-order valence-electron chi connectivity index (χ3n) is 13.9. The minimum Gasteiger partial charge on any atom is -0.228 e. The molecule has 1 heterocycles. The highest BCUT2D eigenvalue weighted by atomic mass is 14.9. The molecule has 10 aromatic rings. The van der Waals surface area contributed by atoms with Crippen LogP contribution in [0.2, 0.25) is 0 Å². The maximum Gasteiger partial charge on any atom is 0.160 e. The highest BCUT2D eigenvalue weighted by molar-refractivity contribution is 6.05. The Morgan fingerprint density at radius 1 is 0.323 bits per heavy atom. The second-order valence-corrected chi connectivity index (χ2v) is 18.1. The van der Waals surface area contributed by atoms with Crippen molar-refractivity contribution in [3.63, 3.8) is 0 Å². The van der Waals surface area contributed by atoms with Gasteiger partial charge in [-0.1, -0.05) is 216 Å². The second kappa shape index (κ2) is 13.5. The predicted octanol–water partition coefficient (Wildman–Crippen LogP) is 15.7. The molecule has 2 aliphatic carbocycles. The van der Waals surface area contributed by atoms with Crippen LogP contribution in [-0.4, -0.2) is 9.97 Å². The van der Waals surface area contributed by atoms with Crippen LogP contribution in [0.5, 0.6) is 0 Å². The lowest BCUT2D eigenvalue weighted by molar-refractivity contribution is 0.660. The van der Waals surface area contributed by atoms with Crippen LogP contribution in [0, 0.1) is 0 Å². The quantitative estimate of drug-likeness (QED) is 0.173. The first kappa shape index (κ1) is 36.4. The molecule has 0 spiro atoms. The van der Waals surface area contributed by atoms with Crippen molar-refractivity contribution < 1.29 is 0 Å². The molecular formula is C60H44N2. The van der Waals surface area contributed by atoms with Crippen molar-refractivity contribution in [1.29, 1.82) is 0 Å². The van der Waals surface area contributed by atoms with Gasteiger partial charge in [0, 0.05) is 27.5 Å². The summed E-state index contributed by atoms with van der Waals surface area (Å²) in [6.45, 7) is 9.45. The van der Waals surface area contributed by atoms with E-state index >= 15 is 0 Å². The number of benzene rings is 9. The Bertz CT molecular complexity index is 3450. The summed E-state index contributed by atoms with van der Waals surface area (Å²) in [5.41, 5.74) is 20.5. The van der Waals surface area contributed by atoms with Crippen molar-refractivity contribution in [1.82, 2.24) is 9.97 Å². The van der Waals surface area contributed by atoms with Gasteiger partial charge in [0.1, 0.15) is 0 Å². The molecule has 9 aromatic carbocycles. The van der Waals surface area contributed by atoms with Crippen LogP contribution < -0.4 is 0 Å². The minimum atomic E-state index is -0.143. The zero-order valence-corrected chi connectivity index (χ0v) is 35.4. The molecule has 62 heavy (non-hydrogen) atoms. The lowest BCUT2D eigenvalue weighted by Gasteiger charge is -2.26. The normalized spacial score (nSPS) is 14.1. The van der Waals surface area contributed by atoms with E-state index in [0.717, 1.165) is 39.3 Å². The Balaban J connectivity index is 0.970. The van der Waals surface area contributed by atoms with Crippen molar-refractivity contribution >= 4 is 21.5 Å². The molecule has 0 saturated carbocycles. The van der Waals surface area contributed by atoms with Gasteiger partial charge in [-0.2, -0.15) is 0 Å². The van der Waals surface area contributed by atoms with Gasteiger partial charge in [0.25, 0.3) is 0 Å². The van der Waals surface area contributed by atoms with Gasteiger partial charge in [-0.25, -0.2) is 9.97 Å². The van der Waals surface area contributed by atoms with Crippen molar-refractivity contribution in [2.75, 3.05) is 0 Å². The van der Waals surface area contributed by atoms with Crippen LogP contribution >= 0.6 is 0 Å². The van der Waals surface area contributed by atoms with E-state index in [4.69, 9.17) is 9.97 Å². The molecule has 0 bridgehead atoms. The topological polar surface area (TPSA) is 25.8 Å². The molecule has 2 nitrogen and oxygen atoms in total. The van der Waals surface area contributed by atoms with E-state index in [2.05, 4.69) is 216 Å². The summed E-state index contributed by atoms with van der Waals surface area (Å²) in [6.07, 6.45) is 0. The molecule has 12 rings (SSSR count). The van der Waals surface area contributed by atoms with E-state index in [1.165, 1.54) is 82.9 Å². The number of fused-ring (bicyclic) bond motifs is 9. The first-order chi connectivity index (χ1) is 30.3. The Labute approximate surface area is 363 Å². The molecule has 0 atom stereocenters. The van der Waals surface area contributed by atoms with Crippen molar-refractivity contribution in [3.8, 4) is 78.4 Å². The number of hydrogen-bond acceptors (Lipinski definition) is 2. The van der Waals surface area contributed by atoms with Crippen LogP contribution in [0.4, 0.5) is 0 Å². The van der Waals surface area contributed by atoms with Crippen molar-refractivity contribution in [2.24, 2.45) is 0 Å². The fraction of sp³-hybridized carbons (Fsp3) is 0.100. The summed E-state index contributed by atoms with van der Waals surface area (Å²) in [5, 5.41) is 4.99. The average Bonchev–Trinajstić information content (AvgIpc) is 3.71. The van der Waals surface area contributed by atoms with Gasteiger partial charge >= 0.3 is 0 Å². The summed E-state index contributed by atoms with van der Waals surface area (Å²) in [4.78, 5) is 10.6. The van der Waals surface area contributed by atoms with E-state index < -0.39 is 0 Å². The first-order valence-corrected chi connectivity index (χ1v) is 21.7. The fourth-order valence-corrected chi connectivity index (χ4v) is 11.0. The zero-order chi connectivity index (χ0) is 41.7. The van der Waals surface area contributed by atoms with Crippen LogP contribution in [-0.2, 0) is 10.8 Å². The molecule has 0 N–H and O–H groups in total. The molecule has 0 amide bonds.